The fourth-order valence-electron chi connectivity index (χ4n) is 5.14. The number of imidazole rings is 1. The molecule has 1 aromatic heterocycles. The lowest BCUT2D eigenvalue weighted by Crippen LogP contribution is -2.31. The van der Waals surface area contributed by atoms with Gasteiger partial charge in [0.1, 0.15) is 5.75 Å². The smallest absolute Gasteiger partial charge is 0.449 e. The number of H-pyrrole nitrogens is 1. The topological polar surface area (TPSA) is 76.2 Å². The molecule has 0 aliphatic carbocycles. The van der Waals surface area contributed by atoms with Gasteiger partial charge >= 0.3 is 6.18 Å². The molecule has 2 N–H and O–H groups in total. The zero-order valence-corrected chi connectivity index (χ0v) is 22.7. The van der Waals surface area contributed by atoms with Gasteiger partial charge in [-0.3, -0.25) is 4.79 Å². The zero-order chi connectivity index (χ0) is 28.4. The van der Waals surface area contributed by atoms with E-state index in [0.29, 0.717) is 29.0 Å². The standard InChI is InChI=1S/C30H29ClF3N3O3/c1-17(2)24-13-20(18-6-8-21(31)9-7-18)15-40-28(24)19-4-3-5-23(12-19)39-16-27(38)35-22-10-11-25-26(14-22)37-29(36-25)30(32,33)34/h3-12,14,17,20,24,28H,13,15-16H2,1-2H3,(H,35,38)(H,36,37)/t20-,24-,28-/m0/s1. The van der Waals surface area contributed by atoms with Crippen LogP contribution in [0.15, 0.2) is 66.7 Å². The molecule has 0 unspecified atom stereocenters. The Kier molecular flexibility index (Phi) is 8.05. The van der Waals surface area contributed by atoms with Gasteiger partial charge in [-0.25, -0.2) is 4.98 Å². The van der Waals surface area contributed by atoms with Gasteiger partial charge in [0.2, 0.25) is 5.82 Å². The summed E-state index contributed by atoms with van der Waals surface area (Å²) in [6.45, 7) is 4.71. The van der Waals surface area contributed by atoms with Gasteiger partial charge in [-0.05, 0) is 71.8 Å². The van der Waals surface area contributed by atoms with Gasteiger partial charge in [-0.2, -0.15) is 13.2 Å². The molecule has 6 nitrogen and oxygen atoms in total. The van der Waals surface area contributed by atoms with Crippen molar-refractivity contribution in [2.45, 2.75) is 38.5 Å². The summed E-state index contributed by atoms with van der Waals surface area (Å²) in [6, 6.07) is 19.8. The molecule has 40 heavy (non-hydrogen) atoms. The number of rotatable bonds is 7. The van der Waals surface area contributed by atoms with Gasteiger partial charge < -0.3 is 19.8 Å². The lowest BCUT2D eigenvalue weighted by Gasteiger charge is -2.39. The number of anilines is 1. The number of alkyl halides is 3. The van der Waals surface area contributed by atoms with E-state index in [1.165, 1.54) is 23.8 Å². The Balaban J connectivity index is 1.21. The number of nitrogens with zero attached hydrogens (tertiary/aromatic N) is 1. The average molecular weight is 572 g/mol. The highest BCUT2D eigenvalue weighted by molar-refractivity contribution is 6.30. The van der Waals surface area contributed by atoms with E-state index < -0.39 is 17.9 Å². The van der Waals surface area contributed by atoms with Gasteiger partial charge in [0.15, 0.2) is 6.61 Å². The van der Waals surface area contributed by atoms with Gasteiger partial charge in [0.05, 0.1) is 23.7 Å². The number of nitrogens with one attached hydrogen (secondary N) is 2. The second kappa shape index (κ2) is 11.5. The van der Waals surface area contributed by atoms with E-state index in [0.717, 1.165) is 12.0 Å². The van der Waals surface area contributed by atoms with E-state index in [-0.39, 0.29) is 35.6 Å². The number of carbonyl (C=O) groups is 1. The average Bonchev–Trinajstić information content (AvgIpc) is 3.37. The van der Waals surface area contributed by atoms with E-state index in [1.54, 1.807) is 6.07 Å². The first-order valence-corrected chi connectivity index (χ1v) is 13.4. The first-order valence-electron chi connectivity index (χ1n) is 13.0. The maximum absolute atomic E-state index is 12.9. The van der Waals surface area contributed by atoms with Gasteiger partial charge in [-0.15, -0.1) is 0 Å². The molecule has 3 aromatic carbocycles. The van der Waals surface area contributed by atoms with Crippen LogP contribution in [0.25, 0.3) is 11.0 Å². The van der Waals surface area contributed by atoms with Crippen molar-refractivity contribution in [3.05, 3.63) is 88.7 Å². The van der Waals surface area contributed by atoms with Crippen LogP contribution in [0.3, 0.4) is 0 Å². The van der Waals surface area contributed by atoms with Crippen molar-refractivity contribution in [3.63, 3.8) is 0 Å². The number of hydrogen-bond donors (Lipinski definition) is 2. The first kappa shape index (κ1) is 28.0. The fourth-order valence-corrected chi connectivity index (χ4v) is 5.27. The van der Waals surface area contributed by atoms with E-state index in [9.17, 15) is 18.0 Å². The Hall–Kier alpha value is -3.56. The summed E-state index contributed by atoms with van der Waals surface area (Å²) in [6.07, 6.45) is -3.72. The largest absolute Gasteiger partial charge is 0.484 e. The van der Waals surface area contributed by atoms with Crippen LogP contribution < -0.4 is 10.1 Å². The Labute approximate surface area is 234 Å². The molecular weight excluding hydrogens is 543 g/mol. The van der Waals surface area contributed by atoms with E-state index in [2.05, 4.69) is 41.3 Å². The summed E-state index contributed by atoms with van der Waals surface area (Å²) < 4.78 is 50.9. The molecule has 0 radical (unpaired) electrons. The van der Waals surface area contributed by atoms with Crippen molar-refractivity contribution in [2.75, 3.05) is 18.5 Å². The normalized spacial score (nSPS) is 19.6. The molecule has 3 atom stereocenters. The highest BCUT2D eigenvalue weighted by Gasteiger charge is 2.36. The van der Waals surface area contributed by atoms with E-state index in [4.69, 9.17) is 21.1 Å². The number of hydrogen-bond acceptors (Lipinski definition) is 4. The second-order valence-electron chi connectivity index (χ2n) is 10.4. The molecule has 1 aliphatic rings. The molecule has 2 heterocycles. The molecule has 210 valence electrons. The number of benzene rings is 3. The summed E-state index contributed by atoms with van der Waals surface area (Å²) >= 11 is 6.06. The van der Waals surface area contributed by atoms with Gasteiger partial charge in [-0.1, -0.05) is 49.7 Å². The molecule has 0 saturated carbocycles. The number of amides is 1. The summed E-state index contributed by atoms with van der Waals surface area (Å²) in [4.78, 5) is 18.3. The summed E-state index contributed by atoms with van der Waals surface area (Å²) in [5.74, 6) is -0.0583. The van der Waals surface area contributed by atoms with Crippen LogP contribution in [0, 0.1) is 11.8 Å². The molecule has 0 bridgehead atoms. The van der Waals surface area contributed by atoms with Gasteiger partial charge in [0.25, 0.3) is 5.91 Å². The van der Waals surface area contributed by atoms with Gasteiger partial charge in [0, 0.05) is 16.6 Å². The first-order chi connectivity index (χ1) is 19.1. The minimum Gasteiger partial charge on any atom is -0.484 e. The van der Waals surface area contributed by atoms with Crippen molar-refractivity contribution < 1.29 is 27.4 Å². The quantitative estimate of drug-likeness (QED) is 0.238. The predicted molar refractivity (Wildman–Crippen MR) is 147 cm³/mol. The Morgan fingerprint density at radius 2 is 1.90 bits per heavy atom. The lowest BCUT2D eigenvalue weighted by molar-refractivity contribution is -0.144. The molecular formula is C30H29ClF3N3O3. The van der Waals surface area contributed by atoms with Crippen LogP contribution in [0.2, 0.25) is 5.02 Å². The second-order valence-corrected chi connectivity index (χ2v) is 10.8. The van der Waals surface area contributed by atoms with Crippen molar-refractivity contribution in [1.82, 2.24) is 9.97 Å². The van der Waals surface area contributed by atoms with Crippen molar-refractivity contribution >= 4 is 34.2 Å². The molecule has 0 spiro atoms. The minimum atomic E-state index is -4.58. The van der Waals surface area contributed by atoms with Crippen LogP contribution in [0.4, 0.5) is 18.9 Å². The molecule has 1 amide bonds. The van der Waals surface area contributed by atoms with E-state index in [1.807, 2.05) is 30.3 Å². The SMILES string of the molecule is CC(C)[C@@H]1C[C@H](c2ccc(Cl)cc2)CO[C@H]1c1cccc(OCC(=O)Nc2ccc3nc(C(F)(F)F)[nH]c3c2)c1. The van der Waals surface area contributed by atoms with E-state index >= 15 is 0 Å². The number of halogens is 4. The van der Waals surface area contributed by atoms with Crippen LogP contribution in [0.5, 0.6) is 5.75 Å². The third-order valence-corrected chi connectivity index (χ3v) is 7.46. The highest BCUT2D eigenvalue weighted by atomic mass is 35.5. The molecule has 1 aliphatic heterocycles. The fraction of sp³-hybridized carbons (Fsp3) is 0.333. The third kappa shape index (κ3) is 6.42. The zero-order valence-electron chi connectivity index (χ0n) is 22.0. The monoisotopic (exact) mass is 571 g/mol. The lowest BCUT2D eigenvalue weighted by atomic mass is 9.76. The number of ether oxygens (including phenoxy) is 2. The van der Waals surface area contributed by atoms with Crippen molar-refractivity contribution in [2.24, 2.45) is 11.8 Å². The number of carbonyl (C=O) groups excluding carboxylic acids is 1. The minimum absolute atomic E-state index is 0.108. The number of fused-ring (bicyclic) bond motifs is 1. The molecule has 1 fully saturated rings. The Bertz CT molecular complexity index is 1490. The van der Waals surface area contributed by atoms with Crippen LogP contribution >= 0.6 is 11.6 Å². The molecule has 5 rings (SSSR count). The highest BCUT2D eigenvalue weighted by Crippen LogP contribution is 2.44. The number of aromatic nitrogens is 2. The number of aromatic amines is 1. The maximum Gasteiger partial charge on any atom is 0.449 e. The van der Waals surface area contributed by atoms with Crippen molar-refractivity contribution in [3.8, 4) is 5.75 Å². The summed E-state index contributed by atoms with van der Waals surface area (Å²) in [5.41, 5.74) is 2.85. The molecule has 4 aromatic rings. The van der Waals surface area contributed by atoms with Crippen LogP contribution in [0.1, 0.15) is 49.2 Å². The summed E-state index contributed by atoms with van der Waals surface area (Å²) in [5, 5.41) is 3.36. The Morgan fingerprint density at radius 3 is 2.62 bits per heavy atom. The third-order valence-electron chi connectivity index (χ3n) is 7.21. The Morgan fingerprint density at radius 1 is 1.12 bits per heavy atom. The van der Waals surface area contributed by atoms with Crippen LogP contribution in [-0.4, -0.2) is 29.1 Å². The maximum atomic E-state index is 12.9. The molecule has 10 heteroatoms. The molecule has 1 saturated heterocycles. The van der Waals surface area contributed by atoms with Crippen LogP contribution in [-0.2, 0) is 15.7 Å². The van der Waals surface area contributed by atoms with Crippen molar-refractivity contribution in [1.29, 1.82) is 0 Å². The summed E-state index contributed by atoms with van der Waals surface area (Å²) in [7, 11) is 0. The predicted octanol–water partition coefficient (Wildman–Crippen LogP) is 7.77.